The van der Waals surface area contributed by atoms with E-state index in [0.717, 1.165) is 13.1 Å². The Balaban J connectivity index is 1.45. The molecule has 1 saturated heterocycles. The minimum atomic E-state index is -3.89. The van der Waals surface area contributed by atoms with E-state index in [1.54, 1.807) is 29.2 Å². The molecule has 1 saturated carbocycles. The second kappa shape index (κ2) is 10.3. The van der Waals surface area contributed by atoms with Crippen LogP contribution in [0.15, 0.2) is 47.4 Å². The summed E-state index contributed by atoms with van der Waals surface area (Å²) < 4.78 is 33.8. The summed E-state index contributed by atoms with van der Waals surface area (Å²) >= 11 is 6.31. The smallest absolute Gasteiger partial charge is 0.261 e. The quantitative estimate of drug-likeness (QED) is 0.626. The van der Waals surface area contributed by atoms with Gasteiger partial charge in [0.25, 0.3) is 15.9 Å². The lowest BCUT2D eigenvalue weighted by Crippen LogP contribution is -2.51. The van der Waals surface area contributed by atoms with Crippen LogP contribution in [0.2, 0.25) is 5.02 Å². The zero-order valence-electron chi connectivity index (χ0n) is 18.8. The molecule has 1 heterocycles. The summed E-state index contributed by atoms with van der Waals surface area (Å²) in [5.74, 6) is 0.428. The van der Waals surface area contributed by atoms with Gasteiger partial charge in [0.2, 0.25) is 0 Å². The van der Waals surface area contributed by atoms with Crippen LogP contribution in [0.4, 0.5) is 5.69 Å². The Labute approximate surface area is 200 Å². The highest BCUT2D eigenvalue weighted by Crippen LogP contribution is 2.27. The molecule has 7 nitrogen and oxygen atoms in total. The molecule has 4 rings (SSSR count). The van der Waals surface area contributed by atoms with Crippen molar-refractivity contribution in [2.24, 2.45) is 0 Å². The molecule has 0 spiro atoms. The Hall–Kier alpha value is -2.29. The van der Waals surface area contributed by atoms with Gasteiger partial charge < -0.3 is 9.64 Å². The van der Waals surface area contributed by atoms with Crippen LogP contribution in [0.1, 0.15) is 43.0 Å². The molecule has 2 aliphatic rings. The molecule has 178 valence electrons. The number of hydrogen-bond donors (Lipinski definition) is 1. The maximum Gasteiger partial charge on any atom is 0.261 e. The second-order valence-corrected chi connectivity index (χ2v) is 10.6. The van der Waals surface area contributed by atoms with E-state index in [-0.39, 0.29) is 21.4 Å². The Morgan fingerprint density at radius 3 is 2.36 bits per heavy atom. The first-order valence-corrected chi connectivity index (χ1v) is 13.3. The highest BCUT2D eigenvalue weighted by Gasteiger charge is 2.29. The average Bonchev–Trinajstić information content (AvgIpc) is 3.35. The van der Waals surface area contributed by atoms with Gasteiger partial charge in [-0.05, 0) is 62.2 Å². The van der Waals surface area contributed by atoms with Gasteiger partial charge >= 0.3 is 0 Å². The van der Waals surface area contributed by atoms with Gasteiger partial charge in [0.1, 0.15) is 5.75 Å². The molecule has 1 N–H and O–H groups in total. The van der Waals surface area contributed by atoms with Crippen molar-refractivity contribution >= 4 is 33.2 Å². The van der Waals surface area contributed by atoms with Crippen molar-refractivity contribution in [2.45, 2.75) is 43.5 Å². The van der Waals surface area contributed by atoms with Crippen molar-refractivity contribution in [3.8, 4) is 5.75 Å². The molecule has 2 aromatic rings. The Morgan fingerprint density at radius 2 is 1.73 bits per heavy atom. The van der Waals surface area contributed by atoms with Gasteiger partial charge in [-0.1, -0.05) is 24.4 Å². The zero-order chi connectivity index (χ0) is 23.4. The largest absolute Gasteiger partial charge is 0.494 e. The molecule has 0 radical (unpaired) electrons. The predicted molar refractivity (Wildman–Crippen MR) is 130 cm³/mol. The molecular formula is C24H30ClN3O4S. The van der Waals surface area contributed by atoms with Crippen molar-refractivity contribution in [1.82, 2.24) is 9.80 Å². The molecule has 2 fully saturated rings. The predicted octanol–water partition coefficient (Wildman–Crippen LogP) is 4.24. The third-order valence-corrected chi connectivity index (χ3v) is 8.05. The van der Waals surface area contributed by atoms with Crippen LogP contribution in [0.5, 0.6) is 5.75 Å². The molecule has 0 bridgehead atoms. The van der Waals surface area contributed by atoms with Crippen molar-refractivity contribution in [2.75, 3.05) is 37.5 Å². The fourth-order valence-electron chi connectivity index (χ4n) is 4.57. The summed E-state index contributed by atoms with van der Waals surface area (Å²) in [4.78, 5) is 17.4. The van der Waals surface area contributed by atoms with E-state index < -0.39 is 10.0 Å². The fraction of sp³-hybridized carbons (Fsp3) is 0.458. The molecule has 33 heavy (non-hydrogen) atoms. The molecule has 2 aromatic carbocycles. The second-order valence-electron chi connectivity index (χ2n) is 8.47. The summed E-state index contributed by atoms with van der Waals surface area (Å²) in [5.41, 5.74) is 0.616. The van der Waals surface area contributed by atoms with Crippen molar-refractivity contribution in [3.63, 3.8) is 0 Å². The van der Waals surface area contributed by atoms with Crippen LogP contribution < -0.4 is 9.46 Å². The number of nitrogens with one attached hydrogen (secondary N) is 1. The summed E-state index contributed by atoms with van der Waals surface area (Å²) in [6.07, 6.45) is 5.04. The number of piperazine rings is 1. The van der Waals surface area contributed by atoms with Crippen LogP contribution in [-0.4, -0.2) is 63.0 Å². The number of carbonyl (C=O) groups excluding carboxylic acids is 1. The monoisotopic (exact) mass is 491 g/mol. The van der Waals surface area contributed by atoms with E-state index in [1.165, 1.54) is 43.9 Å². The Kier molecular flexibility index (Phi) is 7.46. The first-order valence-electron chi connectivity index (χ1n) is 11.5. The third-order valence-electron chi connectivity index (χ3n) is 6.34. The lowest BCUT2D eigenvalue weighted by Gasteiger charge is -2.38. The van der Waals surface area contributed by atoms with E-state index in [4.69, 9.17) is 16.3 Å². The number of amides is 1. The molecule has 9 heteroatoms. The SMILES string of the molecule is CCOc1ccc(NS(=O)(=O)c2ccc(Cl)c(C(=O)N3CCN(C4CCCC4)CC3)c2)cc1. The molecule has 1 aliphatic carbocycles. The van der Waals surface area contributed by atoms with E-state index in [1.807, 2.05) is 6.92 Å². The van der Waals surface area contributed by atoms with Gasteiger partial charge in [0.15, 0.2) is 0 Å². The van der Waals surface area contributed by atoms with Crippen molar-refractivity contribution in [3.05, 3.63) is 53.1 Å². The molecule has 0 atom stereocenters. The topological polar surface area (TPSA) is 78.9 Å². The molecular weight excluding hydrogens is 462 g/mol. The summed E-state index contributed by atoms with van der Waals surface area (Å²) in [6, 6.07) is 11.5. The van der Waals surface area contributed by atoms with Crippen LogP contribution >= 0.6 is 11.6 Å². The number of halogens is 1. The summed E-state index contributed by atoms with van der Waals surface area (Å²) in [5, 5.41) is 0.248. The fourth-order valence-corrected chi connectivity index (χ4v) is 5.85. The highest BCUT2D eigenvalue weighted by molar-refractivity contribution is 7.92. The number of nitrogens with zero attached hydrogens (tertiary/aromatic N) is 2. The number of carbonyl (C=O) groups is 1. The number of benzene rings is 2. The minimum absolute atomic E-state index is 0.00581. The highest BCUT2D eigenvalue weighted by atomic mass is 35.5. The Bertz CT molecular complexity index is 1080. The molecule has 0 aromatic heterocycles. The van der Waals surface area contributed by atoms with Crippen LogP contribution in [-0.2, 0) is 10.0 Å². The van der Waals surface area contributed by atoms with Gasteiger partial charge in [0.05, 0.1) is 22.1 Å². The maximum absolute atomic E-state index is 13.2. The van der Waals surface area contributed by atoms with Crippen LogP contribution in [0.3, 0.4) is 0 Å². The number of sulfonamides is 1. The normalized spacial score (nSPS) is 17.8. The first kappa shape index (κ1) is 23.9. The molecule has 1 amide bonds. The average molecular weight is 492 g/mol. The zero-order valence-corrected chi connectivity index (χ0v) is 20.4. The van der Waals surface area contributed by atoms with E-state index in [2.05, 4.69) is 9.62 Å². The van der Waals surface area contributed by atoms with E-state index in [9.17, 15) is 13.2 Å². The summed E-state index contributed by atoms with van der Waals surface area (Å²) in [6.45, 7) is 5.32. The van der Waals surface area contributed by atoms with E-state index in [0.29, 0.717) is 37.2 Å². The number of anilines is 1. The maximum atomic E-state index is 13.2. The minimum Gasteiger partial charge on any atom is -0.494 e. The van der Waals surface area contributed by atoms with Gasteiger partial charge in [-0.2, -0.15) is 0 Å². The lowest BCUT2D eigenvalue weighted by atomic mass is 10.1. The van der Waals surface area contributed by atoms with Crippen LogP contribution in [0.25, 0.3) is 0 Å². The summed E-state index contributed by atoms with van der Waals surface area (Å²) in [7, 11) is -3.89. The van der Waals surface area contributed by atoms with Crippen LogP contribution in [0, 0.1) is 0 Å². The number of hydrogen-bond acceptors (Lipinski definition) is 5. The standard InChI is InChI=1S/C24H30ClN3O4S/c1-2-32-20-9-7-18(8-10-20)26-33(30,31)21-11-12-23(25)22(17-21)24(29)28-15-13-27(14-16-28)19-5-3-4-6-19/h7-12,17,19,26H,2-6,13-16H2,1H3. The van der Waals surface area contributed by atoms with Gasteiger partial charge in [-0.3, -0.25) is 14.4 Å². The van der Waals surface area contributed by atoms with Crippen molar-refractivity contribution < 1.29 is 17.9 Å². The van der Waals surface area contributed by atoms with Gasteiger partial charge in [-0.25, -0.2) is 8.42 Å². The number of rotatable bonds is 7. The van der Waals surface area contributed by atoms with Gasteiger partial charge in [0, 0.05) is 37.9 Å². The molecule has 0 unspecified atom stereocenters. The van der Waals surface area contributed by atoms with Crippen molar-refractivity contribution in [1.29, 1.82) is 0 Å². The van der Waals surface area contributed by atoms with E-state index >= 15 is 0 Å². The lowest BCUT2D eigenvalue weighted by molar-refractivity contribution is 0.0573. The molecule has 1 aliphatic heterocycles. The third kappa shape index (κ3) is 5.62. The number of ether oxygens (including phenoxy) is 1. The Morgan fingerprint density at radius 1 is 1.06 bits per heavy atom. The van der Waals surface area contributed by atoms with Gasteiger partial charge in [-0.15, -0.1) is 0 Å². The first-order chi connectivity index (χ1) is 15.9.